The van der Waals surface area contributed by atoms with Crippen molar-refractivity contribution < 1.29 is 18.0 Å². The van der Waals surface area contributed by atoms with Gasteiger partial charge in [0.05, 0.1) is 17.5 Å². The molecule has 0 saturated heterocycles. The number of alkyl halides is 3. The standard InChI is InChI=1S/C28H32F3N3O/c1-26(2,3)14-18-7-6-12-27(15-18)17-24(34-35-27)25-32-22-11-10-19(13-23(22)33-25)21-9-5-4-8-20(21)16-28(29,30)31/h4-5,8-11,13,18H,6-7,12,14-17H2,1-3H3,(H,32,33). The Morgan fingerprint density at radius 2 is 1.91 bits per heavy atom. The summed E-state index contributed by atoms with van der Waals surface area (Å²) in [5, 5.41) is 4.44. The number of H-pyrrole nitrogens is 1. The predicted molar refractivity (Wildman–Crippen MR) is 132 cm³/mol. The number of rotatable bonds is 4. The monoisotopic (exact) mass is 483 g/mol. The fraction of sp³-hybridized carbons (Fsp3) is 0.500. The maximum atomic E-state index is 13.1. The topological polar surface area (TPSA) is 50.3 Å². The highest BCUT2D eigenvalue weighted by Crippen LogP contribution is 2.45. The van der Waals surface area contributed by atoms with Crippen molar-refractivity contribution in [1.82, 2.24) is 9.97 Å². The lowest BCUT2D eigenvalue weighted by Crippen LogP contribution is -2.36. The summed E-state index contributed by atoms with van der Waals surface area (Å²) in [4.78, 5) is 14.1. The highest BCUT2D eigenvalue weighted by molar-refractivity contribution is 6.01. The second-order valence-electron chi connectivity index (χ2n) is 11.5. The first-order chi connectivity index (χ1) is 16.5. The zero-order valence-corrected chi connectivity index (χ0v) is 20.5. The predicted octanol–water partition coefficient (Wildman–Crippen LogP) is 7.82. The van der Waals surface area contributed by atoms with Gasteiger partial charge in [0.15, 0.2) is 5.82 Å². The van der Waals surface area contributed by atoms with E-state index in [4.69, 9.17) is 9.82 Å². The van der Waals surface area contributed by atoms with Crippen LogP contribution in [0.3, 0.4) is 0 Å². The average molecular weight is 484 g/mol. The molecule has 1 saturated carbocycles. The van der Waals surface area contributed by atoms with Gasteiger partial charge in [0.1, 0.15) is 11.3 Å². The lowest BCUT2D eigenvalue weighted by Gasteiger charge is -2.38. The van der Waals surface area contributed by atoms with E-state index in [2.05, 4.69) is 30.9 Å². The Kier molecular flexibility index (Phi) is 5.93. The van der Waals surface area contributed by atoms with E-state index >= 15 is 0 Å². The quantitative estimate of drug-likeness (QED) is 0.411. The highest BCUT2D eigenvalue weighted by atomic mass is 19.4. The molecule has 1 aromatic heterocycles. The van der Waals surface area contributed by atoms with Crippen molar-refractivity contribution in [2.75, 3.05) is 0 Å². The fourth-order valence-corrected chi connectivity index (χ4v) is 5.86. The third kappa shape index (κ3) is 5.39. The third-order valence-electron chi connectivity index (χ3n) is 7.12. The van der Waals surface area contributed by atoms with Crippen molar-refractivity contribution >= 4 is 16.7 Å². The van der Waals surface area contributed by atoms with Crippen LogP contribution in [-0.2, 0) is 11.3 Å². The van der Waals surface area contributed by atoms with Gasteiger partial charge in [-0.25, -0.2) is 4.98 Å². The molecule has 5 rings (SSSR count). The summed E-state index contributed by atoms with van der Waals surface area (Å²) in [6, 6.07) is 12.2. The SMILES string of the molecule is CC(C)(C)CC1CCCC2(CC(c3nc4ccc(-c5ccccc5CC(F)(F)F)cc4[nH]3)=NO2)C1. The van der Waals surface area contributed by atoms with Crippen LogP contribution in [0, 0.1) is 11.3 Å². The Balaban J connectivity index is 1.37. The van der Waals surface area contributed by atoms with Crippen molar-refractivity contribution in [2.24, 2.45) is 16.5 Å². The number of imidazole rings is 1. The Morgan fingerprint density at radius 1 is 1.11 bits per heavy atom. The summed E-state index contributed by atoms with van der Waals surface area (Å²) >= 11 is 0. The van der Waals surface area contributed by atoms with Crippen LogP contribution in [-0.4, -0.2) is 27.5 Å². The third-order valence-corrected chi connectivity index (χ3v) is 7.12. The molecule has 4 nitrogen and oxygen atoms in total. The first-order valence-corrected chi connectivity index (χ1v) is 12.4. The first kappa shape index (κ1) is 23.9. The van der Waals surface area contributed by atoms with Crippen LogP contribution in [0.5, 0.6) is 0 Å². The summed E-state index contributed by atoms with van der Waals surface area (Å²) in [5.74, 6) is 1.31. The van der Waals surface area contributed by atoms with Crippen molar-refractivity contribution in [1.29, 1.82) is 0 Å². The van der Waals surface area contributed by atoms with Crippen LogP contribution in [0.2, 0.25) is 0 Å². The molecule has 35 heavy (non-hydrogen) atoms. The van der Waals surface area contributed by atoms with Gasteiger partial charge in [0.25, 0.3) is 0 Å². The second kappa shape index (κ2) is 8.68. The Bertz CT molecular complexity index is 1250. The molecule has 1 spiro atoms. The molecule has 3 aromatic rings. The molecule has 1 N–H and O–H groups in total. The zero-order chi connectivity index (χ0) is 24.8. The van der Waals surface area contributed by atoms with E-state index in [1.807, 2.05) is 18.2 Å². The minimum Gasteiger partial charge on any atom is -0.388 e. The van der Waals surface area contributed by atoms with E-state index < -0.39 is 12.6 Å². The second-order valence-corrected chi connectivity index (χ2v) is 11.5. The summed E-state index contributed by atoms with van der Waals surface area (Å²) in [5.41, 5.74) is 3.96. The number of oxime groups is 1. The number of hydrogen-bond acceptors (Lipinski definition) is 3. The molecular weight excluding hydrogens is 451 g/mol. The molecule has 2 atom stereocenters. The van der Waals surface area contributed by atoms with Gasteiger partial charge in [-0.3, -0.25) is 0 Å². The maximum Gasteiger partial charge on any atom is 0.393 e. The van der Waals surface area contributed by atoms with E-state index in [0.717, 1.165) is 48.0 Å². The van der Waals surface area contributed by atoms with Crippen molar-refractivity contribution in [3.63, 3.8) is 0 Å². The molecule has 7 heteroatoms. The Hall–Kier alpha value is -2.83. The van der Waals surface area contributed by atoms with Crippen molar-refractivity contribution in [3.8, 4) is 11.1 Å². The number of aromatic amines is 1. The van der Waals surface area contributed by atoms with E-state index in [0.29, 0.717) is 22.7 Å². The van der Waals surface area contributed by atoms with Gasteiger partial charge in [-0.1, -0.05) is 62.7 Å². The smallest absolute Gasteiger partial charge is 0.388 e. The van der Waals surface area contributed by atoms with Gasteiger partial charge in [-0.05, 0) is 65.8 Å². The number of hydrogen-bond donors (Lipinski definition) is 1. The summed E-state index contributed by atoms with van der Waals surface area (Å²) < 4.78 is 39.2. The van der Waals surface area contributed by atoms with Crippen LogP contribution in [0.4, 0.5) is 13.2 Å². The van der Waals surface area contributed by atoms with Gasteiger partial charge in [-0.15, -0.1) is 0 Å². The van der Waals surface area contributed by atoms with Gasteiger partial charge < -0.3 is 9.82 Å². The van der Waals surface area contributed by atoms with Gasteiger partial charge >= 0.3 is 6.18 Å². The minimum absolute atomic E-state index is 0.246. The van der Waals surface area contributed by atoms with Crippen LogP contribution in [0.25, 0.3) is 22.2 Å². The van der Waals surface area contributed by atoms with Crippen LogP contribution < -0.4 is 0 Å². The number of nitrogens with zero attached hydrogens (tertiary/aromatic N) is 2. The lowest BCUT2D eigenvalue weighted by atomic mass is 9.71. The average Bonchev–Trinajstić information content (AvgIpc) is 3.35. The van der Waals surface area contributed by atoms with Crippen LogP contribution >= 0.6 is 0 Å². The molecule has 2 aliphatic rings. The van der Waals surface area contributed by atoms with Gasteiger partial charge in [0, 0.05) is 6.42 Å². The van der Waals surface area contributed by atoms with Gasteiger partial charge in [0.2, 0.25) is 0 Å². The Labute approximate surface area is 204 Å². The highest BCUT2D eigenvalue weighted by Gasteiger charge is 2.44. The zero-order valence-electron chi connectivity index (χ0n) is 20.5. The molecule has 2 unspecified atom stereocenters. The normalized spacial score (nSPS) is 23.0. The van der Waals surface area contributed by atoms with Gasteiger partial charge in [-0.2, -0.15) is 13.2 Å². The molecule has 1 aliphatic carbocycles. The maximum absolute atomic E-state index is 13.1. The number of benzene rings is 2. The molecule has 0 radical (unpaired) electrons. The number of nitrogens with one attached hydrogen (secondary N) is 1. The van der Waals surface area contributed by atoms with Crippen molar-refractivity contribution in [2.45, 2.75) is 77.5 Å². The molecular formula is C28H32F3N3O. The van der Waals surface area contributed by atoms with E-state index in [9.17, 15) is 13.2 Å². The van der Waals surface area contributed by atoms with Crippen LogP contribution in [0.1, 0.15) is 70.7 Å². The number of aromatic nitrogens is 2. The molecule has 0 bridgehead atoms. The molecule has 1 aliphatic heterocycles. The van der Waals surface area contributed by atoms with E-state index in [1.165, 1.54) is 18.9 Å². The molecule has 2 heterocycles. The summed E-state index contributed by atoms with van der Waals surface area (Å²) in [6.45, 7) is 6.86. The van der Waals surface area contributed by atoms with Crippen molar-refractivity contribution in [3.05, 3.63) is 53.9 Å². The lowest BCUT2D eigenvalue weighted by molar-refractivity contribution is -0.127. The largest absolute Gasteiger partial charge is 0.393 e. The minimum atomic E-state index is -4.26. The first-order valence-electron chi connectivity index (χ1n) is 12.4. The molecule has 1 fully saturated rings. The Morgan fingerprint density at radius 3 is 2.69 bits per heavy atom. The summed E-state index contributed by atoms with van der Waals surface area (Å²) in [7, 11) is 0. The van der Waals surface area contributed by atoms with E-state index in [-0.39, 0.29) is 11.2 Å². The summed E-state index contributed by atoms with van der Waals surface area (Å²) in [6.07, 6.45) is 1.08. The number of halogens is 3. The molecule has 2 aromatic carbocycles. The fourth-order valence-electron chi connectivity index (χ4n) is 5.86. The van der Waals surface area contributed by atoms with Crippen LogP contribution in [0.15, 0.2) is 47.6 Å². The van der Waals surface area contributed by atoms with E-state index in [1.54, 1.807) is 18.2 Å². The molecule has 186 valence electrons. The number of fused-ring (bicyclic) bond motifs is 1. The molecule has 0 amide bonds.